The Kier molecular flexibility index (Phi) is 3.70. The second kappa shape index (κ2) is 5.65. The largest absolute Gasteiger partial charge is 0.348 e. The Morgan fingerprint density at radius 3 is 2.90 bits per heavy atom. The van der Waals surface area contributed by atoms with Crippen molar-refractivity contribution in [3.63, 3.8) is 0 Å². The summed E-state index contributed by atoms with van der Waals surface area (Å²) in [5.74, 6) is -0.0664. The third-order valence-electron chi connectivity index (χ3n) is 3.55. The van der Waals surface area contributed by atoms with Crippen molar-refractivity contribution in [2.24, 2.45) is 0 Å². The van der Waals surface area contributed by atoms with Gasteiger partial charge in [0.25, 0.3) is 0 Å². The lowest BCUT2D eigenvalue weighted by Crippen LogP contribution is -2.33. The minimum absolute atomic E-state index is 0.0420. The third-order valence-corrected chi connectivity index (χ3v) is 4.53. The van der Waals surface area contributed by atoms with Crippen LogP contribution in [0.4, 0.5) is 0 Å². The van der Waals surface area contributed by atoms with Crippen LogP contribution in [0.2, 0.25) is 0 Å². The average molecular weight is 300 g/mol. The van der Waals surface area contributed by atoms with E-state index in [-0.39, 0.29) is 18.0 Å². The van der Waals surface area contributed by atoms with Crippen LogP contribution in [-0.4, -0.2) is 20.7 Å². The molecule has 0 aliphatic heterocycles. The molecule has 1 N–H and O–H groups in total. The second-order valence-electron chi connectivity index (χ2n) is 4.97. The fourth-order valence-corrected chi connectivity index (χ4v) is 3.34. The molecule has 6 heteroatoms. The van der Waals surface area contributed by atoms with Gasteiger partial charge in [-0.2, -0.15) is 5.10 Å². The summed E-state index contributed by atoms with van der Waals surface area (Å²) in [6, 6.07) is 7.81. The minimum Gasteiger partial charge on any atom is -0.348 e. The first-order chi connectivity index (χ1) is 10.2. The first kappa shape index (κ1) is 13.8. The lowest BCUT2D eigenvalue weighted by Gasteiger charge is -2.17. The van der Waals surface area contributed by atoms with E-state index in [1.54, 1.807) is 22.3 Å². The summed E-state index contributed by atoms with van der Waals surface area (Å²) in [4.78, 5) is 16.2. The maximum absolute atomic E-state index is 12.3. The van der Waals surface area contributed by atoms with Crippen LogP contribution in [0.1, 0.15) is 31.5 Å². The second-order valence-corrected chi connectivity index (χ2v) is 5.88. The zero-order chi connectivity index (χ0) is 14.8. The van der Waals surface area contributed by atoms with Gasteiger partial charge in [-0.25, -0.2) is 9.67 Å². The monoisotopic (exact) mass is 300 g/mol. The fraction of sp³-hybridized carbons (Fsp3) is 0.267. The minimum atomic E-state index is -0.375. The molecule has 0 spiro atoms. The number of rotatable bonds is 4. The highest BCUT2D eigenvalue weighted by Gasteiger charge is 2.19. The van der Waals surface area contributed by atoms with Crippen molar-refractivity contribution in [3.8, 4) is 0 Å². The Morgan fingerprint density at radius 2 is 2.14 bits per heavy atom. The van der Waals surface area contributed by atoms with Gasteiger partial charge in [-0.05, 0) is 36.2 Å². The van der Waals surface area contributed by atoms with Gasteiger partial charge in [-0.15, -0.1) is 11.3 Å². The summed E-state index contributed by atoms with van der Waals surface area (Å²) in [7, 11) is 0. The Balaban J connectivity index is 1.77. The van der Waals surface area contributed by atoms with E-state index in [9.17, 15) is 4.79 Å². The lowest BCUT2D eigenvalue weighted by atomic mass is 10.1. The number of amides is 1. The van der Waals surface area contributed by atoms with E-state index in [0.29, 0.717) is 0 Å². The van der Waals surface area contributed by atoms with E-state index >= 15 is 0 Å². The molecule has 108 valence electrons. The van der Waals surface area contributed by atoms with Gasteiger partial charge in [0.2, 0.25) is 5.91 Å². The molecule has 1 amide bonds. The van der Waals surface area contributed by atoms with Crippen molar-refractivity contribution in [1.82, 2.24) is 20.1 Å². The number of thiophene rings is 1. The van der Waals surface area contributed by atoms with Gasteiger partial charge in [0.15, 0.2) is 0 Å². The standard InChI is InChI=1S/C15H16N4OS/c1-10(13-7-21-14-6-4-3-5-12(13)14)18-15(20)11(2)19-9-16-8-17-19/h3-11H,1-2H3,(H,18,20)/t10-,11+/m1/s1. The molecule has 2 aromatic heterocycles. The molecule has 0 saturated heterocycles. The number of nitrogens with zero attached hydrogens (tertiary/aromatic N) is 3. The average Bonchev–Trinajstić information content (AvgIpc) is 3.15. The van der Waals surface area contributed by atoms with Crippen LogP contribution in [0.15, 0.2) is 42.3 Å². The summed E-state index contributed by atoms with van der Waals surface area (Å²) >= 11 is 1.70. The Hall–Kier alpha value is -2.21. The molecule has 0 fully saturated rings. The molecule has 0 saturated carbocycles. The van der Waals surface area contributed by atoms with Crippen LogP contribution in [0, 0.1) is 0 Å². The highest BCUT2D eigenvalue weighted by molar-refractivity contribution is 7.17. The smallest absolute Gasteiger partial charge is 0.245 e. The lowest BCUT2D eigenvalue weighted by molar-refractivity contribution is -0.124. The van der Waals surface area contributed by atoms with Crippen LogP contribution in [0.5, 0.6) is 0 Å². The van der Waals surface area contributed by atoms with Gasteiger partial charge in [-0.3, -0.25) is 4.79 Å². The summed E-state index contributed by atoms with van der Waals surface area (Å²) in [6.07, 6.45) is 2.98. The summed E-state index contributed by atoms with van der Waals surface area (Å²) in [5.41, 5.74) is 1.15. The molecule has 0 aliphatic carbocycles. The van der Waals surface area contributed by atoms with E-state index in [0.717, 1.165) is 5.56 Å². The van der Waals surface area contributed by atoms with Crippen LogP contribution in [-0.2, 0) is 4.79 Å². The molecule has 0 aliphatic rings. The predicted molar refractivity (Wildman–Crippen MR) is 83.1 cm³/mol. The molecule has 0 radical (unpaired) electrons. The predicted octanol–water partition coefficient (Wildman–Crippen LogP) is 2.93. The van der Waals surface area contributed by atoms with Crippen molar-refractivity contribution >= 4 is 27.3 Å². The van der Waals surface area contributed by atoms with Gasteiger partial charge >= 0.3 is 0 Å². The maximum Gasteiger partial charge on any atom is 0.245 e. The molecule has 3 rings (SSSR count). The molecule has 3 aromatic rings. The van der Waals surface area contributed by atoms with Gasteiger partial charge in [0.1, 0.15) is 18.7 Å². The van der Waals surface area contributed by atoms with Crippen LogP contribution in [0.25, 0.3) is 10.1 Å². The van der Waals surface area contributed by atoms with Crippen molar-refractivity contribution in [1.29, 1.82) is 0 Å². The van der Waals surface area contributed by atoms with E-state index in [4.69, 9.17) is 0 Å². The molecule has 21 heavy (non-hydrogen) atoms. The first-order valence-corrected chi connectivity index (χ1v) is 7.65. The van der Waals surface area contributed by atoms with Gasteiger partial charge in [0.05, 0.1) is 6.04 Å². The number of hydrogen-bond donors (Lipinski definition) is 1. The quantitative estimate of drug-likeness (QED) is 0.806. The van der Waals surface area contributed by atoms with Crippen LogP contribution < -0.4 is 5.32 Å². The number of aromatic nitrogens is 3. The van der Waals surface area contributed by atoms with E-state index in [1.165, 1.54) is 16.4 Å². The molecule has 1 aromatic carbocycles. The third kappa shape index (κ3) is 2.67. The Bertz CT molecular complexity index is 750. The topological polar surface area (TPSA) is 59.8 Å². The van der Waals surface area contributed by atoms with E-state index < -0.39 is 0 Å². The van der Waals surface area contributed by atoms with Gasteiger partial charge in [0, 0.05) is 4.70 Å². The molecule has 2 heterocycles. The number of carbonyl (C=O) groups excluding carboxylic acids is 1. The van der Waals surface area contributed by atoms with Crippen LogP contribution in [0.3, 0.4) is 0 Å². The SMILES string of the molecule is C[C@@H](NC(=O)[C@H](C)n1cncn1)c1csc2ccccc12. The summed E-state index contributed by atoms with van der Waals surface area (Å²) in [5, 5.41) is 10.4. The Labute approximate surface area is 126 Å². The number of benzene rings is 1. The fourth-order valence-electron chi connectivity index (χ4n) is 2.28. The van der Waals surface area contributed by atoms with Gasteiger partial charge < -0.3 is 5.32 Å². The highest BCUT2D eigenvalue weighted by atomic mass is 32.1. The first-order valence-electron chi connectivity index (χ1n) is 6.77. The molecule has 0 bridgehead atoms. The number of hydrogen-bond acceptors (Lipinski definition) is 4. The van der Waals surface area contributed by atoms with Crippen LogP contribution >= 0.6 is 11.3 Å². The van der Waals surface area contributed by atoms with Gasteiger partial charge in [-0.1, -0.05) is 18.2 Å². The molecule has 0 unspecified atom stereocenters. The highest BCUT2D eigenvalue weighted by Crippen LogP contribution is 2.30. The summed E-state index contributed by atoms with van der Waals surface area (Å²) < 4.78 is 2.78. The number of carbonyl (C=O) groups is 1. The van der Waals surface area contributed by atoms with Crippen molar-refractivity contribution < 1.29 is 4.79 Å². The number of nitrogens with one attached hydrogen (secondary N) is 1. The maximum atomic E-state index is 12.3. The van der Waals surface area contributed by atoms with E-state index in [2.05, 4.69) is 32.9 Å². The zero-order valence-corrected chi connectivity index (χ0v) is 12.7. The molecule has 2 atom stereocenters. The molecular formula is C15H16N4OS. The summed E-state index contributed by atoms with van der Waals surface area (Å²) in [6.45, 7) is 3.81. The van der Waals surface area contributed by atoms with E-state index in [1.807, 2.05) is 26.0 Å². The zero-order valence-electron chi connectivity index (χ0n) is 11.9. The number of fused-ring (bicyclic) bond motifs is 1. The van der Waals surface area contributed by atoms with Crippen molar-refractivity contribution in [2.45, 2.75) is 25.9 Å². The van der Waals surface area contributed by atoms with Crippen molar-refractivity contribution in [3.05, 3.63) is 47.9 Å². The molecular weight excluding hydrogens is 284 g/mol. The normalized spacial score (nSPS) is 14.0. The molecule has 5 nitrogen and oxygen atoms in total. The van der Waals surface area contributed by atoms with Crippen molar-refractivity contribution in [2.75, 3.05) is 0 Å². The Morgan fingerprint density at radius 1 is 1.33 bits per heavy atom.